The Morgan fingerprint density at radius 1 is 1.53 bits per heavy atom. The average Bonchev–Trinajstić information content (AvgIpc) is 2.26. The smallest absolute Gasteiger partial charge is 0.337 e. The first-order chi connectivity index (χ1) is 7.88. The second-order valence-electron chi connectivity index (χ2n) is 2.93. The highest BCUT2D eigenvalue weighted by Crippen LogP contribution is 2.29. The van der Waals surface area contributed by atoms with Gasteiger partial charge >= 0.3 is 5.97 Å². The Morgan fingerprint density at radius 3 is 2.47 bits per heavy atom. The Bertz CT molecular complexity index is 537. The lowest BCUT2D eigenvalue weighted by Crippen LogP contribution is -2.06. The zero-order valence-electron chi connectivity index (χ0n) is 8.05. The first-order valence-corrected chi connectivity index (χ1v) is 4.12. The van der Waals surface area contributed by atoms with Gasteiger partial charge in [0.05, 0.1) is 16.1 Å². The largest absolute Gasteiger partial charge is 0.478 e. The average molecular weight is 242 g/mol. The van der Waals surface area contributed by atoms with Gasteiger partial charge in [0, 0.05) is 17.7 Å². The zero-order chi connectivity index (χ0) is 13.2. The van der Waals surface area contributed by atoms with E-state index in [-0.39, 0.29) is 0 Å². The summed E-state index contributed by atoms with van der Waals surface area (Å²) in [6.45, 7) is 0. The number of carboxylic acid groups (broad SMARTS) is 1. The van der Waals surface area contributed by atoms with Gasteiger partial charge in [-0.2, -0.15) is 5.26 Å². The van der Waals surface area contributed by atoms with E-state index < -0.39 is 39.7 Å². The molecule has 17 heavy (non-hydrogen) atoms. The molecule has 8 heteroatoms. The van der Waals surface area contributed by atoms with E-state index in [2.05, 4.69) is 0 Å². The number of hydrogen-bond acceptors (Lipinski definition) is 4. The molecule has 0 saturated carbocycles. The fourth-order valence-corrected chi connectivity index (χ4v) is 1.22. The quantitative estimate of drug-likeness (QED) is 0.645. The lowest BCUT2D eigenvalue weighted by atomic mass is 10.0. The molecule has 0 bridgehead atoms. The summed E-state index contributed by atoms with van der Waals surface area (Å²) in [7, 11) is 0. The summed E-state index contributed by atoms with van der Waals surface area (Å²) in [4.78, 5) is 20.1. The number of nitriles is 1. The van der Waals surface area contributed by atoms with E-state index in [1.165, 1.54) is 6.07 Å². The number of benzene rings is 1. The number of aromatic carboxylic acids is 1. The van der Waals surface area contributed by atoms with Gasteiger partial charge in [-0.3, -0.25) is 10.1 Å². The third-order valence-electron chi connectivity index (χ3n) is 1.94. The maximum atomic E-state index is 12.5. The SMILES string of the molecule is N#Cc1c(C(=O)O)cc([N+](=O)[O-])cc1C(F)F. The van der Waals surface area contributed by atoms with Crippen molar-refractivity contribution in [3.8, 4) is 6.07 Å². The molecule has 0 spiro atoms. The third kappa shape index (κ3) is 2.34. The van der Waals surface area contributed by atoms with E-state index in [1.54, 1.807) is 0 Å². The Labute approximate surface area is 92.9 Å². The fourth-order valence-electron chi connectivity index (χ4n) is 1.22. The zero-order valence-corrected chi connectivity index (χ0v) is 8.05. The molecule has 0 amide bonds. The summed E-state index contributed by atoms with van der Waals surface area (Å²) in [5.74, 6) is -1.67. The Balaban J connectivity index is 3.64. The highest BCUT2D eigenvalue weighted by atomic mass is 19.3. The number of nitrogens with zero attached hydrogens (tertiary/aromatic N) is 2. The molecular weight excluding hydrogens is 238 g/mol. The minimum absolute atomic E-state index is 0.496. The van der Waals surface area contributed by atoms with Crippen molar-refractivity contribution >= 4 is 11.7 Å². The van der Waals surface area contributed by atoms with Crippen molar-refractivity contribution < 1.29 is 23.6 Å². The highest BCUT2D eigenvalue weighted by Gasteiger charge is 2.24. The van der Waals surface area contributed by atoms with E-state index in [0.29, 0.717) is 12.1 Å². The van der Waals surface area contributed by atoms with Crippen LogP contribution in [0.3, 0.4) is 0 Å². The van der Waals surface area contributed by atoms with Crippen LogP contribution in [-0.2, 0) is 0 Å². The predicted octanol–water partition coefficient (Wildman–Crippen LogP) is 2.10. The van der Waals surface area contributed by atoms with Crippen LogP contribution in [0, 0.1) is 21.4 Å². The number of nitro benzene ring substituents is 1. The van der Waals surface area contributed by atoms with Crippen LogP contribution in [0.5, 0.6) is 0 Å². The molecule has 0 aliphatic rings. The summed E-state index contributed by atoms with van der Waals surface area (Å²) in [6.07, 6.45) is -3.16. The minimum atomic E-state index is -3.16. The second kappa shape index (κ2) is 4.52. The molecule has 0 aliphatic carbocycles. The number of hydrogen-bond donors (Lipinski definition) is 1. The summed E-state index contributed by atoms with van der Waals surface area (Å²) >= 11 is 0. The van der Waals surface area contributed by atoms with Crippen LogP contribution in [-0.4, -0.2) is 16.0 Å². The summed E-state index contributed by atoms with van der Waals surface area (Å²) in [6, 6.07) is 2.38. The molecule has 0 atom stereocenters. The lowest BCUT2D eigenvalue weighted by Gasteiger charge is -2.05. The molecular formula is C9H4F2N2O4. The van der Waals surface area contributed by atoms with Crippen molar-refractivity contribution in [1.82, 2.24) is 0 Å². The van der Waals surface area contributed by atoms with E-state index in [0.717, 1.165) is 0 Å². The molecule has 1 aromatic rings. The first-order valence-electron chi connectivity index (χ1n) is 4.12. The van der Waals surface area contributed by atoms with Gasteiger partial charge in [0.25, 0.3) is 12.1 Å². The molecule has 0 aliphatic heterocycles. The number of halogens is 2. The van der Waals surface area contributed by atoms with Crippen LogP contribution in [0.4, 0.5) is 14.5 Å². The van der Waals surface area contributed by atoms with Crippen molar-refractivity contribution in [3.05, 3.63) is 38.9 Å². The Morgan fingerprint density at radius 2 is 2.12 bits per heavy atom. The van der Waals surface area contributed by atoms with Gasteiger partial charge in [-0.15, -0.1) is 0 Å². The molecule has 6 nitrogen and oxygen atoms in total. The summed E-state index contributed by atoms with van der Waals surface area (Å²) in [5.41, 5.74) is -3.33. The van der Waals surface area contributed by atoms with Crippen LogP contribution in [0.25, 0.3) is 0 Å². The van der Waals surface area contributed by atoms with Crippen molar-refractivity contribution in [2.45, 2.75) is 6.43 Å². The van der Waals surface area contributed by atoms with Gasteiger partial charge < -0.3 is 5.11 Å². The lowest BCUT2D eigenvalue weighted by molar-refractivity contribution is -0.385. The highest BCUT2D eigenvalue weighted by molar-refractivity contribution is 5.92. The van der Waals surface area contributed by atoms with Crippen LogP contribution in [0.1, 0.15) is 27.9 Å². The van der Waals surface area contributed by atoms with Crippen molar-refractivity contribution in [2.24, 2.45) is 0 Å². The van der Waals surface area contributed by atoms with E-state index in [1.807, 2.05) is 0 Å². The molecule has 0 heterocycles. The molecule has 0 saturated heterocycles. The van der Waals surface area contributed by atoms with Gasteiger partial charge in [0.2, 0.25) is 0 Å². The van der Waals surface area contributed by atoms with Gasteiger partial charge in [-0.05, 0) is 0 Å². The molecule has 0 aromatic heterocycles. The fraction of sp³-hybridized carbons (Fsp3) is 0.111. The number of carboxylic acids is 1. The number of alkyl halides is 2. The first kappa shape index (κ1) is 12.5. The predicted molar refractivity (Wildman–Crippen MR) is 49.7 cm³/mol. The Kier molecular flexibility index (Phi) is 3.33. The Hall–Kier alpha value is -2.56. The summed E-state index contributed by atoms with van der Waals surface area (Å²) in [5, 5.41) is 27.7. The van der Waals surface area contributed by atoms with Crippen LogP contribution < -0.4 is 0 Å². The number of non-ortho nitro benzene ring substituents is 1. The summed E-state index contributed by atoms with van der Waals surface area (Å²) < 4.78 is 25.1. The molecule has 0 fully saturated rings. The standard InChI is InChI=1S/C9H4F2N2O4/c10-8(11)5-1-4(13(16)17)2-6(9(14)15)7(5)3-12/h1-2,8H,(H,14,15). The van der Waals surface area contributed by atoms with Crippen LogP contribution in [0.15, 0.2) is 12.1 Å². The molecule has 0 radical (unpaired) electrons. The molecule has 1 N–H and O–H groups in total. The number of carbonyl (C=O) groups is 1. The maximum absolute atomic E-state index is 12.5. The molecule has 88 valence electrons. The van der Waals surface area contributed by atoms with Gasteiger partial charge in [-0.25, -0.2) is 13.6 Å². The van der Waals surface area contributed by atoms with Crippen molar-refractivity contribution in [3.63, 3.8) is 0 Å². The van der Waals surface area contributed by atoms with E-state index >= 15 is 0 Å². The van der Waals surface area contributed by atoms with Crippen LogP contribution in [0.2, 0.25) is 0 Å². The van der Waals surface area contributed by atoms with Crippen molar-refractivity contribution in [2.75, 3.05) is 0 Å². The molecule has 1 aromatic carbocycles. The van der Waals surface area contributed by atoms with E-state index in [9.17, 15) is 23.7 Å². The second-order valence-corrected chi connectivity index (χ2v) is 2.93. The van der Waals surface area contributed by atoms with E-state index in [4.69, 9.17) is 10.4 Å². The number of rotatable bonds is 3. The number of nitro groups is 1. The third-order valence-corrected chi connectivity index (χ3v) is 1.94. The van der Waals surface area contributed by atoms with Crippen molar-refractivity contribution in [1.29, 1.82) is 5.26 Å². The topological polar surface area (TPSA) is 104 Å². The molecule has 1 rings (SSSR count). The minimum Gasteiger partial charge on any atom is -0.478 e. The van der Waals surface area contributed by atoms with Gasteiger partial charge in [-0.1, -0.05) is 0 Å². The van der Waals surface area contributed by atoms with Gasteiger partial charge in [0.1, 0.15) is 6.07 Å². The van der Waals surface area contributed by atoms with Gasteiger partial charge in [0.15, 0.2) is 0 Å². The van der Waals surface area contributed by atoms with Crippen LogP contribution >= 0.6 is 0 Å². The maximum Gasteiger partial charge on any atom is 0.337 e. The molecule has 0 unspecified atom stereocenters. The normalized spacial score (nSPS) is 10.0. The monoisotopic (exact) mass is 242 g/mol.